The lowest BCUT2D eigenvalue weighted by Gasteiger charge is -2.13. The molecule has 0 unspecified atom stereocenters. The number of fused-ring (bicyclic) bond motifs is 3. The molecule has 45 heavy (non-hydrogen) atoms. The zero-order valence-electron chi connectivity index (χ0n) is 23.9. The quantitative estimate of drug-likeness (QED) is 0.102. The summed E-state index contributed by atoms with van der Waals surface area (Å²) in [6, 6.07) is 13.4. The number of rotatable bonds is 8. The van der Waals surface area contributed by atoms with Gasteiger partial charge in [-0.3, -0.25) is 9.59 Å². The number of amides is 2. The molecule has 1 aliphatic heterocycles. The number of aromatic amines is 2. The van der Waals surface area contributed by atoms with E-state index in [-0.39, 0.29) is 57.5 Å². The Morgan fingerprint density at radius 1 is 0.911 bits per heavy atom. The van der Waals surface area contributed by atoms with Gasteiger partial charge in [-0.15, -0.1) is 11.6 Å². The van der Waals surface area contributed by atoms with E-state index >= 15 is 0 Å². The number of halogens is 1. The minimum absolute atomic E-state index is 0.0824. The van der Waals surface area contributed by atoms with Gasteiger partial charge in [-0.2, -0.15) is 0 Å². The Morgan fingerprint density at radius 2 is 1.69 bits per heavy atom. The molecule has 0 bridgehead atoms. The van der Waals surface area contributed by atoms with Gasteiger partial charge in [-0.1, -0.05) is 0 Å². The molecule has 0 radical (unpaired) electrons. The highest BCUT2D eigenvalue weighted by Crippen LogP contribution is 2.39. The molecule has 0 atom stereocenters. The van der Waals surface area contributed by atoms with Crippen molar-refractivity contribution in [2.24, 2.45) is 0 Å². The third kappa shape index (κ3) is 5.31. The summed E-state index contributed by atoms with van der Waals surface area (Å²) in [7, 11) is 2.31. The van der Waals surface area contributed by atoms with Crippen LogP contribution in [0.15, 0.2) is 65.5 Å². The van der Waals surface area contributed by atoms with E-state index in [1.54, 1.807) is 48.7 Å². The number of phenolic OH excluding ortho intramolecular Hbond substituents is 1. The predicted molar refractivity (Wildman–Crippen MR) is 167 cm³/mol. The smallest absolute Gasteiger partial charge is 0.355 e. The van der Waals surface area contributed by atoms with Crippen LogP contribution in [0, 0.1) is 0 Å². The van der Waals surface area contributed by atoms with Gasteiger partial charge in [-0.05, 0) is 60.0 Å². The van der Waals surface area contributed by atoms with Crippen LogP contribution in [0.25, 0.3) is 32.9 Å². The number of phenols is 1. The normalized spacial score (nSPS) is 11.2. The van der Waals surface area contributed by atoms with E-state index < -0.39 is 17.8 Å². The molecule has 6 rings (SSSR count). The molecule has 2 aromatic carbocycles. The van der Waals surface area contributed by atoms with E-state index in [1.807, 2.05) is 0 Å². The minimum atomic E-state index is -0.846. The van der Waals surface area contributed by atoms with Crippen molar-refractivity contribution in [1.29, 1.82) is 0 Å². The standard InChI is InChI=1S/C32H25ClN4O8/c1-43-31(41)26-25-20(5-7-33)22(13-24(38)27(25)37-28(26)32(42)44-2)36-30(40)23-12-16-11-19(3-4-21(16)35-23)34-29(39)17-9-15-6-8-45-14-18(15)10-17/h3-4,6,8-14,35,37-38H,5,7H2,1-2H3,(H,34,39)(H,36,40). The molecule has 228 valence electrons. The van der Waals surface area contributed by atoms with Crippen molar-refractivity contribution >= 4 is 68.5 Å². The molecule has 2 amide bonds. The van der Waals surface area contributed by atoms with Crippen molar-refractivity contribution in [3.63, 3.8) is 0 Å². The monoisotopic (exact) mass is 628 g/mol. The Labute approximate surface area is 259 Å². The second-order valence-electron chi connectivity index (χ2n) is 10.1. The average molecular weight is 629 g/mol. The number of nitrogens with one attached hydrogen (secondary N) is 4. The molecule has 5 N–H and O–H groups in total. The van der Waals surface area contributed by atoms with Crippen LogP contribution in [0.5, 0.6) is 5.75 Å². The number of hydrogen-bond donors (Lipinski definition) is 5. The number of benzene rings is 2. The number of esters is 2. The van der Waals surface area contributed by atoms with Crippen molar-refractivity contribution in [3.8, 4) is 16.9 Å². The van der Waals surface area contributed by atoms with E-state index in [0.29, 0.717) is 27.7 Å². The summed E-state index contributed by atoms with van der Waals surface area (Å²) in [5.74, 6) is -2.78. The summed E-state index contributed by atoms with van der Waals surface area (Å²) < 4.78 is 14.9. The zero-order chi connectivity index (χ0) is 31.8. The molecule has 13 heteroatoms. The molecular formula is C32H25ClN4O8. The number of ether oxygens (including phenoxy) is 2. The Kier molecular flexibility index (Phi) is 7.65. The number of aromatic hydroxyl groups is 1. The highest BCUT2D eigenvalue weighted by atomic mass is 35.5. The van der Waals surface area contributed by atoms with E-state index in [4.69, 9.17) is 25.5 Å². The lowest BCUT2D eigenvalue weighted by molar-refractivity contribution is 0.0553. The topological polar surface area (TPSA) is 176 Å². The molecule has 0 saturated carbocycles. The first-order chi connectivity index (χ1) is 21.7. The van der Waals surface area contributed by atoms with Crippen LogP contribution >= 0.6 is 11.6 Å². The van der Waals surface area contributed by atoms with Gasteiger partial charge in [0.2, 0.25) is 0 Å². The molecule has 0 saturated heterocycles. The predicted octanol–water partition coefficient (Wildman–Crippen LogP) is 5.91. The zero-order valence-corrected chi connectivity index (χ0v) is 24.6. The van der Waals surface area contributed by atoms with Crippen molar-refractivity contribution in [1.82, 2.24) is 9.97 Å². The maximum atomic E-state index is 13.4. The number of alkyl halides is 1. The van der Waals surface area contributed by atoms with Crippen molar-refractivity contribution in [2.75, 3.05) is 30.7 Å². The number of carbonyl (C=O) groups is 4. The highest BCUT2D eigenvalue weighted by molar-refractivity contribution is 6.19. The minimum Gasteiger partial charge on any atom is -0.506 e. The maximum Gasteiger partial charge on any atom is 0.355 e. The van der Waals surface area contributed by atoms with E-state index in [0.717, 1.165) is 25.3 Å². The Balaban J connectivity index is 1.31. The molecule has 1 aliphatic carbocycles. The molecule has 2 aliphatic rings. The van der Waals surface area contributed by atoms with Crippen molar-refractivity contribution in [2.45, 2.75) is 6.42 Å². The maximum absolute atomic E-state index is 13.4. The van der Waals surface area contributed by atoms with Gasteiger partial charge in [-0.25, -0.2) is 9.59 Å². The molecule has 0 fully saturated rings. The van der Waals surface area contributed by atoms with Crippen molar-refractivity contribution < 1.29 is 38.2 Å². The second kappa shape index (κ2) is 11.7. The summed E-state index contributed by atoms with van der Waals surface area (Å²) in [4.78, 5) is 57.4. The summed E-state index contributed by atoms with van der Waals surface area (Å²) in [5.41, 5.74) is 3.80. The molecule has 0 spiro atoms. The van der Waals surface area contributed by atoms with Gasteiger partial charge in [0.05, 0.1) is 32.3 Å². The Morgan fingerprint density at radius 3 is 2.42 bits per heavy atom. The van der Waals surface area contributed by atoms with Crippen LogP contribution in [0.3, 0.4) is 0 Å². The number of anilines is 2. The van der Waals surface area contributed by atoms with Crippen LogP contribution in [-0.4, -0.2) is 58.9 Å². The molecule has 4 aromatic rings. The fourth-order valence-electron chi connectivity index (χ4n) is 5.32. The van der Waals surface area contributed by atoms with Crippen LogP contribution in [0.2, 0.25) is 0 Å². The summed E-state index contributed by atoms with van der Waals surface area (Å²) >= 11 is 6.09. The number of methoxy groups -OCH3 is 2. The lowest BCUT2D eigenvalue weighted by atomic mass is 9.99. The Hall–Kier alpha value is -5.75. The van der Waals surface area contributed by atoms with Gasteiger partial charge in [0.25, 0.3) is 11.8 Å². The third-order valence-corrected chi connectivity index (χ3v) is 7.59. The van der Waals surface area contributed by atoms with E-state index in [1.165, 1.54) is 12.3 Å². The largest absolute Gasteiger partial charge is 0.506 e. The second-order valence-corrected chi connectivity index (χ2v) is 10.5. The third-order valence-electron chi connectivity index (χ3n) is 7.40. The van der Waals surface area contributed by atoms with Gasteiger partial charge in [0.1, 0.15) is 22.7 Å². The number of hydrogen-bond acceptors (Lipinski definition) is 8. The number of aryl methyl sites for hydroxylation is 1. The fourth-order valence-corrected chi connectivity index (χ4v) is 5.51. The Bertz CT molecular complexity index is 2080. The van der Waals surface area contributed by atoms with Gasteiger partial charge >= 0.3 is 11.9 Å². The lowest BCUT2D eigenvalue weighted by Crippen LogP contribution is -2.15. The average Bonchev–Trinajstić information content (AvgIpc) is 3.77. The van der Waals surface area contributed by atoms with Crippen LogP contribution in [-0.2, 0) is 15.9 Å². The summed E-state index contributed by atoms with van der Waals surface area (Å²) in [6.07, 6.45) is 3.27. The highest BCUT2D eigenvalue weighted by Gasteiger charge is 2.29. The first-order valence-electron chi connectivity index (χ1n) is 13.6. The molecule has 2 aromatic heterocycles. The van der Waals surface area contributed by atoms with Crippen LogP contribution < -0.4 is 10.6 Å². The van der Waals surface area contributed by atoms with E-state index in [9.17, 15) is 24.3 Å². The number of H-pyrrole nitrogens is 2. The van der Waals surface area contributed by atoms with E-state index in [2.05, 4.69) is 20.6 Å². The van der Waals surface area contributed by atoms with Crippen LogP contribution in [0.1, 0.15) is 47.3 Å². The van der Waals surface area contributed by atoms with Gasteiger partial charge in [0.15, 0.2) is 0 Å². The molecule has 3 heterocycles. The SMILES string of the molecule is COC(=O)c1[nH]c2c(O)cc(NC(=O)c3cc4cc(NC(=O)c5cc6ccocc-6c5)ccc4[nH]3)c(CCCl)c2c1C(=O)OC. The van der Waals surface area contributed by atoms with Gasteiger partial charge < -0.3 is 39.6 Å². The number of carbonyl (C=O) groups excluding carboxylic acids is 4. The van der Waals surface area contributed by atoms with Gasteiger partial charge in [0, 0.05) is 50.7 Å². The fraction of sp³-hybridized carbons (Fsp3) is 0.125. The molecular weight excluding hydrogens is 604 g/mol. The number of aromatic nitrogens is 2. The van der Waals surface area contributed by atoms with Crippen LogP contribution in [0.4, 0.5) is 11.4 Å². The van der Waals surface area contributed by atoms with Crippen molar-refractivity contribution in [3.05, 3.63) is 89.1 Å². The summed E-state index contributed by atoms with van der Waals surface area (Å²) in [5, 5.41) is 17.3. The first-order valence-corrected chi connectivity index (χ1v) is 14.1. The summed E-state index contributed by atoms with van der Waals surface area (Å²) in [6.45, 7) is 0. The first kappa shape index (κ1) is 29.3. The molecule has 12 nitrogen and oxygen atoms in total.